The number of nitrogens with zero attached hydrogens (tertiary/aromatic N) is 3. The molecule has 1 saturated heterocycles. The summed E-state index contributed by atoms with van der Waals surface area (Å²) in [7, 11) is 0. The maximum Gasteiger partial charge on any atom is 0.261 e. The van der Waals surface area contributed by atoms with Crippen molar-refractivity contribution in [1.82, 2.24) is 14.5 Å². The zero-order valence-electron chi connectivity index (χ0n) is 16.4. The van der Waals surface area contributed by atoms with E-state index in [1.807, 2.05) is 24.0 Å². The summed E-state index contributed by atoms with van der Waals surface area (Å²) in [5.74, 6) is 0.0966. The molecule has 1 aliphatic heterocycles. The number of likely N-dealkylation sites (tertiary alicyclic amines) is 1. The van der Waals surface area contributed by atoms with E-state index in [0.29, 0.717) is 18.4 Å². The zero-order chi connectivity index (χ0) is 19.7. The first-order valence-electron chi connectivity index (χ1n) is 9.85. The highest BCUT2D eigenvalue weighted by Crippen LogP contribution is 2.32. The average molecular weight is 375 g/mol. The lowest BCUT2D eigenvalue weighted by Crippen LogP contribution is -2.32. The molecule has 0 radical (unpaired) electrons. The van der Waals surface area contributed by atoms with Gasteiger partial charge in [-0.25, -0.2) is 4.98 Å². The highest BCUT2D eigenvalue weighted by atomic mass is 16.2. The van der Waals surface area contributed by atoms with Crippen molar-refractivity contribution in [1.29, 1.82) is 0 Å². The van der Waals surface area contributed by atoms with Gasteiger partial charge in [0.15, 0.2) is 0 Å². The summed E-state index contributed by atoms with van der Waals surface area (Å²) < 4.78 is 1.55. The number of para-hydroxylation sites is 1. The Kier molecular flexibility index (Phi) is 4.99. The summed E-state index contributed by atoms with van der Waals surface area (Å²) in [5.41, 5.74) is 4.04. The number of benzene rings is 2. The highest BCUT2D eigenvalue weighted by molar-refractivity contribution is 5.80. The van der Waals surface area contributed by atoms with Crippen molar-refractivity contribution in [3.63, 3.8) is 0 Å². The number of carbonyl (C=O) groups excluding carboxylic acids is 1. The number of aromatic nitrogens is 2. The van der Waals surface area contributed by atoms with Crippen molar-refractivity contribution < 1.29 is 4.79 Å². The molecular formula is C23H25N3O2. The van der Waals surface area contributed by atoms with Gasteiger partial charge >= 0.3 is 0 Å². The number of amides is 1. The van der Waals surface area contributed by atoms with E-state index in [-0.39, 0.29) is 17.5 Å². The Balaban J connectivity index is 1.50. The summed E-state index contributed by atoms with van der Waals surface area (Å²) >= 11 is 0. The number of aryl methyl sites for hydroxylation is 3. The fraction of sp³-hybridized carbons (Fsp3) is 0.348. The van der Waals surface area contributed by atoms with Crippen LogP contribution in [0, 0.1) is 13.8 Å². The van der Waals surface area contributed by atoms with E-state index in [1.54, 1.807) is 17.0 Å². The third-order valence-corrected chi connectivity index (χ3v) is 5.66. The van der Waals surface area contributed by atoms with E-state index in [2.05, 4.69) is 36.2 Å². The van der Waals surface area contributed by atoms with Crippen molar-refractivity contribution in [2.45, 2.75) is 45.7 Å². The first kappa shape index (κ1) is 18.4. The van der Waals surface area contributed by atoms with Crippen molar-refractivity contribution in [2.24, 2.45) is 0 Å². The van der Waals surface area contributed by atoms with Crippen molar-refractivity contribution in [3.8, 4) is 0 Å². The molecule has 1 fully saturated rings. The lowest BCUT2D eigenvalue weighted by atomic mass is 10.0. The van der Waals surface area contributed by atoms with Crippen LogP contribution in [-0.4, -0.2) is 26.9 Å². The summed E-state index contributed by atoms with van der Waals surface area (Å²) in [6.07, 6.45) is 3.88. The molecule has 5 nitrogen and oxygen atoms in total. The average Bonchev–Trinajstić information content (AvgIpc) is 3.18. The monoisotopic (exact) mass is 375 g/mol. The van der Waals surface area contributed by atoms with Gasteiger partial charge in [-0.2, -0.15) is 0 Å². The van der Waals surface area contributed by atoms with Gasteiger partial charge in [-0.1, -0.05) is 42.0 Å². The third kappa shape index (κ3) is 3.44. The van der Waals surface area contributed by atoms with Crippen LogP contribution in [0.2, 0.25) is 0 Å². The van der Waals surface area contributed by atoms with E-state index in [1.165, 1.54) is 11.1 Å². The Morgan fingerprint density at radius 3 is 2.71 bits per heavy atom. The molecule has 1 aromatic heterocycles. The number of hydrogen-bond donors (Lipinski definition) is 0. The number of rotatable bonds is 4. The zero-order valence-corrected chi connectivity index (χ0v) is 16.4. The topological polar surface area (TPSA) is 55.2 Å². The molecule has 0 aliphatic carbocycles. The SMILES string of the molecule is Cc1ccc([C@@H]2CCCN2C(=O)CCn2cnc3c(C)cccc3c2=O)cc1. The van der Waals surface area contributed by atoms with Gasteiger partial charge in [0.05, 0.1) is 23.3 Å². The van der Waals surface area contributed by atoms with Crippen LogP contribution >= 0.6 is 0 Å². The van der Waals surface area contributed by atoms with Crippen LogP contribution in [0.15, 0.2) is 53.6 Å². The molecule has 2 heterocycles. The minimum absolute atomic E-state index is 0.0852. The molecule has 144 valence electrons. The fourth-order valence-corrected chi connectivity index (χ4v) is 4.06. The van der Waals surface area contributed by atoms with E-state index in [9.17, 15) is 9.59 Å². The van der Waals surface area contributed by atoms with Gasteiger partial charge in [0.25, 0.3) is 5.56 Å². The molecule has 1 amide bonds. The van der Waals surface area contributed by atoms with Crippen molar-refractivity contribution in [3.05, 3.63) is 75.8 Å². The smallest absolute Gasteiger partial charge is 0.261 e. The van der Waals surface area contributed by atoms with Gasteiger partial charge in [0, 0.05) is 19.5 Å². The third-order valence-electron chi connectivity index (χ3n) is 5.66. The molecule has 5 heteroatoms. The van der Waals surface area contributed by atoms with Crippen LogP contribution in [0.25, 0.3) is 10.9 Å². The largest absolute Gasteiger partial charge is 0.336 e. The Hall–Kier alpha value is -2.95. The van der Waals surface area contributed by atoms with Crippen molar-refractivity contribution >= 4 is 16.8 Å². The normalized spacial score (nSPS) is 16.6. The predicted molar refractivity (Wildman–Crippen MR) is 110 cm³/mol. The molecule has 0 saturated carbocycles. The van der Waals surface area contributed by atoms with Crippen LogP contribution < -0.4 is 5.56 Å². The van der Waals surface area contributed by atoms with Gasteiger partial charge in [0.1, 0.15) is 0 Å². The predicted octanol–water partition coefficient (Wildman–Crippen LogP) is 3.77. The Bertz CT molecular complexity index is 1070. The van der Waals surface area contributed by atoms with Crippen LogP contribution in [0.1, 0.15) is 42.0 Å². The van der Waals surface area contributed by atoms with E-state index in [0.717, 1.165) is 30.5 Å². The molecule has 2 aromatic carbocycles. The summed E-state index contributed by atoms with van der Waals surface area (Å²) in [5, 5.41) is 0.605. The number of fused-ring (bicyclic) bond motifs is 1. The van der Waals surface area contributed by atoms with Crippen LogP contribution in [0.5, 0.6) is 0 Å². The highest BCUT2D eigenvalue weighted by Gasteiger charge is 2.29. The molecular weight excluding hydrogens is 350 g/mol. The molecule has 3 aromatic rings. The Morgan fingerprint density at radius 2 is 1.93 bits per heavy atom. The summed E-state index contributed by atoms with van der Waals surface area (Å²) in [4.78, 5) is 32.0. The standard InChI is InChI=1S/C23H25N3O2/c1-16-8-10-18(11-9-16)20-7-4-13-26(20)21(27)12-14-25-15-24-22-17(2)5-3-6-19(22)23(25)28/h3,5-6,8-11,15,20H,4,7,12-14H2,1-2H3/t20-/m0/s1. The maximum absolute atomic E-state index is 12.9. The van der Waals surface area contributed by atoms with Gasteiger partial charge in [-0.3, -0.25) is 14.2 Å². The molecule has 0 N–H and O–H groups in total. The Labute approximate surface area is 164 Å². The molecule has 1 atom stereocenters. The van der Waals surface area contributed by atoms with E-state index >= 15 is 0 Å². The van der Waals surface area contributed by atoms with Gasteiger partial charge in [-0.05, 0) is 43.9 Å². The van der Waals surface area contributed by atoms with Crippen molar-refractivity contribution in [2.75, 3.05) is 6.54 Å². The van der Waals surface area contributed by atoms with Crippen LogP contribution in [0.3, 0.4) is 0 Å². The second kappa shape index (κ2) is 7.58. The number of hydrogen-bond acceptors (Lipinski definition) is 3. The first-order valence-corrected chi connectivity index (χ1v) is 9.85. The van der Waals surface area contributed by atoms with Gasteiger partial charge in [-0.15, -0.1) is 0 Å². The summed E-state index contributed by atoms with van der Waals surface area (Å²) in [6.45, 7) is 5.15. The summed E-state index contributed by atoms with van der Waals surface area (Å²) in [6, 6.07) is 14.2. The van der Waals surface area contributed by atoms with Crippen LogP contribution in [0.4, 0.5) is 0 Å². The second-order valence-electron chi connectivity index (χ2n) is 7.62. The fourth-order valence-electron chi connectivity index (χ4n) is 4.06. The second-order valence-corrected chi connectivity index (χ2v) is 7.62. The minimum atomic E-state index is -0.0852. The molecule has 1 aliphatic rings. The molecule has 0 unspecified atom stereocenters. The Morgan fingerprint density at radius 1 is 1.14 bits per heavy atom. The molecule has 0 bridgehead atoms. The molecule has 28 heavy (non-hydrogen) atoms. The molecule has 4 rings (SSSR count). The minimum Gasteiger partial charge on any atom is -0.336 e. The van der Waals surface area contributed by atoms with E-state index < -0.39 is 0 Å². The van der Waals surface area contributed by atoms with Gasteiger partial charge < -0.3 is 4.90 Å². The molecule has 0 spiro atoms. The lowest BCUT2D eigenvalue weighted by molar-refractivity contribution is -0.132. The van der Waals surface area contributed by atoms with Gasteiger partial charge in [0.2, 0.25) is 5.91 Å². The first-order chi connectivity index (χ1) is 13.5. The lowest BCUT2D eigenvalue weighted by Gasteiger charge is -2.25. The van der Waals surface area contributed by atoms with Crippen LogP contribution in [-0.2, 0) is 11.3 Å². The quantitative estimate of drug-likeness (QED) is 0.698. The number of carbonyl (C=O) groups is 1. The maximum atomic E-state index is 12.9. The van der Waals surface area contributed by atoms with E-state index in [4.69, 9.17) is 0 Å².